The molecule has 0 aliphatic carbocycles. The van der Waals surface area contributed by atoms with Crippen LogP contribution in [0.5, 0.6) is 5.75 Å². The van der Waals surface area contributed by atoms with Crippen LogP contribution in [0.2, 0.25) is 0 Å². The van der Waals surface area contributed by atoms with Crippen molar-refractivity contribution in [1.29, 1.82) is 0 Å². The van der Waals surface area contributed by atoms with Gasteiger partial charge in [0.15, 0.2) is 0 Å². The molecule has 0 heterocycles. The number of ether oxygens (including phenoxy) is 1. The molecule has 0 bridgehead atoms. The van der Waals surface area contributed by atoms with Crippen molar-refractivity contribution < 1.29 is 9.53 Å². The fourth-order valence-corrected chi connectivity index (χ4v) is 2.51. The van der Waals surface area contributed by atoms with E-state index < -0.39 is 0 Å². The first-order chi connectivity index (χ1) is 11.6. The minimum absolute atomic E-state index is 0.179. The molecule has 4 nitrogen and oxygen atoms in total. The van der Waals surface area contributed by atoms with Gasteiger partial charge in [0, 0.05) is 32.6 Å². The van der Waals surface area contributed by atoms with Crippen LogP contribution in [0.4, 0.5) is 0 Å². The number of hydrogen-bond donors (Lipinski definition) is 1. The highest BCUT2D eigenvalue weighted by Gasteiger charge is 2.05. The van der Waals surface area contributed by atoms with Gasteiger partial charge in [-0.3, -0.25) is 4.79 Å². The molecule has 0 saturated carbocycles. The van der Waals surface area contributed by atoms with Crippen molar-refractivity contribution in [2.45, 2.75) is 19.4 Å². The zero-order chi connectivity index (χ0) is 17.4. The standard InChI is InChI=1S/C20H26N2O2/c1-22(2)20(23)9-6-14-21-15-16-10-12-17(13-11-16)18-7-4-5-8-19(18)24-3/h4-5,7-8,10-13,21H,6,9,14-15H2,1-3H3. The zero-order valence-corrected chi connectivity index (χ0v) is 14.7. The van der Waals surface area contributed by atoms with E-state index in [0.717, 1.165) is 36.4 Å². The number of nitrogens with zero attached hydrogens (tertiary/aromatic N) is 1. The lowest BCUT2D eigenvalue weighted by atomic mass is 10.0. The van der Waals surface area contributed by atoms with Crippen LogP contribution < -0.4 is 10.1 Å². The second kappa shape index (κ2) is 9.08. The van der Waals surface area contributed by atoms with Crippen LogP contribution in [-0.4, -0.2) is 38.6 Å². The van der Waals surface area contributed by atoms with Gasteiger partial charge in [-0.05, 0) is 30.2 Å². The summed E-state index contributed by atoms with van der Waals surface area (Å²) >= 11 is 0. The summed E-state index contributed by atoms with van der Waals surface area (Å²) in [4.78, 5) is 13.1. The van der Waals surface area contributed by atoms with Crippen LogP contribution in [0.15, 0.2) is 48.5 Å². The summed E-state index contributed by atoms with van der Waals surface area (Å²) in [7, 11) is 5.27. The fourth-order valence-electron chi connectivity index (χ4n) is 2.51. The predicted octanol–water partition coefficient (Wildman–Crippen LogP) is 3.32. The van der Waals surface area contributed by atoms with Gasteiger partial charge in [0.25, 0.3) is 0 Å². The Balaban J connectivity index is 1.83. The summed E-state index contributed by atoms with van der Waals surface area (Å²) in [5.41, 5.74) is 3.47. The first-order valence-electron chi connectivity index (χ1n) is 8.25. The Labute approximate surface area is 144 Å². The smallest absolute Gasteiger partial charge is 0.222 e. The SMILES string of the molecule is COc1ccccc1-c1ccc(CNCCCC(=O)N(C)C)cc1. The zero-order valence-electron chi connectivity index (χ0n) is 14.7. The third kappa shape index (κ3) is 5.10. The van der Waals surface area contributed by atoms with E-state index in [1.807, 2.05) is 18.2 Å². The summed E-state index contributed by atoms with van der Waals surface area (Å²) < 4.78 is 5.41. The van der Waals surface area contributed by atoms with Crippen LogP contribution >= 0.6 is 0 Å². The van der Waals surface area contributed by atoms with E-state index in [4.69, 9.17) is 4.74 Å². The Morgan fingerprint density at radius 3 is 2.46 bits per heavy atom. The third-order valence-corrected chi connectivity index (χ3v) is 3.94. The monoisotopic (exact) mass is 326 g/mol. The van der Waals surface area contributed by atoms with E-state index in [0.29, 0.717) is 6.42 Å². The van der Waals surface area contributed by atoms with E-state index in [9.17, 15) is 4.79 Å². The maximum absolute atomic E-state index is 11.5. The molecule has 1 N–H and O–H groups in total. The third-order valence-electron chi connectivity index (χ3n) is 3.94. The van der Waals surface area contributed by atoms with Gasteiger partial charge in [-0.15, -0.1) is 0 Å². The molecule has 0 atom stereocenters. The Hall–Kier alpha value is -2.33. The molecule has 0 radical (unpaired) electrons. The number of benzene rings is 2. The van der Waals surface area contributed by atoms with Gasteiger partial charge in [-0.25, -0.2) is 0 Å². The molecule has 2 rings (SSSR count). The van der Waals surface area contributed by atoms with Gasteiger partial charge in [0.1, 0.15) is 5.75 Å². The molecule has 0 unspecified atom stereocenters. The first-order valence-corrected chi connectivity index (χ1v) is 8.25. The van der Waals surface area contributed by atoms with Crippen molar-refractivity contribution in [2.75, 3.05) is 27.7 Å². The highest BCUT2D eigenvalue weighted by molar-refractivity contribution is 5.75. The molecule has 1 amide bonds. The van der Waals surface area contributed by atoms with Crippen molar-refractivity contribution in [3.63, 3.8) is 0 Å². The Morgan fingerprint density at radius 1 is 1.08 bits per heavy atom. The van der Waals surface area contributed by atoms with Gasteiger partial charge in [0.2, 0.25) is 5.91 Å². The minimum atomic E-state index is 0.179. The van der Waals surface area contributed by atoms with Crippen LogP contribution in [-0.2, 0) is 11.3 Å². The van der Waals surface area contributed by atoms with Crippen molar-refractivity contribution >= 4 is 5.91 Å². The van der Waals surface area contributed by atoms with Gasteiger partial charge in [-0.2, -0.15) is 0 Å². The summed E-state index contributed by atoms with van der Waals surface area (Å²) in [5, 5.41) is 3.38. The molecule has 2 aromatic rings. The van der Waals surface area contributed by atoms with Gasteiger partial charge >= 0.3 is 0 Å². The average molecular weight is 326 g/mol. The largest absolute Gasteiger partial charge is 0.496 e. The molecule has 24 heavy (non-hydrogen) atoms. The van der Waals surface area contributed by atoms with Gasteiger partial charge < -0.3 is 15.0 Å². The topological polar surface area (TPSA) is 41.6 Å². The van der Waals surface area contributed by atoms with Crippen LogP contribution in [0.1, 0.15) is 18.4 Å². The molecule has 0 aromatic heterocycles. The van der Waals surface area contributed by atoms with Gasteiger partial charge in [0.05, 0.1) is 7.11 Å². The molecule has 4 heteroatoms. The number of carbonyl (C=O) groups is 1. The van der Waals surface area contributed by atoms with Gasteiger partial charge in [-0.1, -0.05) is 42.5 Å². The summed E-state index contributed by atoms with van der Waals surface area (Å²) in [5.74, 6) is 1.06. The first kappa shape index (κ1) is 18.0. The number of amides is 1. The highest BCUT2D eigenvalue weighted by Crippen LogP contribution is 2.29. The Bertz CT molecular complexity index is 651. The van der Waals surface area contributed by atoms with Crippen LogP contribution in [0.3, 0.4) is 0 Å². The lowest BCUT2D eigenvalue weighted by Crippen LogP contribution is -2.23. The molecule has 128 valence electrons. The highest BCUT2D eigenvalue weighted by atomic mass is 16.5. The number of carbonyl (C=O) groups excluding carboxylic acids is 1. The molecule has 0 aliphatic rings. The van der Waals surface area contributed by atoms with E-state index >= 15 is 0 Å². The molecule has 0 saturated heterocycles. The Kier molecular flexibility index (Phi) is 6.82. The maximum atomic E-state index is 11.5. The fraction of sp³-hybridized carbons (Fsp3) is 0.350. The summed E-state index contributed by atoms with van der Waals surface area (Å²) in [6.45, 7) is 1.65. The molecule has 0 spiro atoms. The summed E-state index contributed by atoms with van der Waals surface area (Å²) in [6, 6.07) is 16.5. The van der Waals surface area contributed by atoms with E-state index in [1.54, 1.807) is 26.1 Å². The number of rotatable bonds is 8. The summed E-state index contributed by atoms with van der Waals surface area (Å²) in [6.07, 6.45) is 1.45. The van der Waals surface area contributed by atoms with Crippen molar-refractivity contribution in [3.8, 4) is 16.9 Å². The lowest BCUT2D eigenvalue weighted by Gasteiger charge is -2.11. The van der Waals surface area contributed by atoms with Crippen LogP contribution in [0, 0.1) is 0 Å². The Morgan fingerprint density at radius 2 is 1.79 bits per heavy atom. The number of para-hydroxylation sites is 1. The molecular formula is C20H26N2O2. The van der Waals surface area contributed by atoms with Crippen molar-refractivity contribution in [1.82, 2.24) is 10.2 Å². The maximum Gasteiger partial charge on any atom is 0.222 e. The average Bonchev–Trinajstić information content (AvgIpc) is 2.61. The van der Waals surface area contributed by atoms with Crippen molar-refractivity contribution in [2.24, 2.45) is 0 Å². The molecular weight excluding hydrogens is 300 g/mol. The lowest BCUT2D eigenvalue weighted by molar-refractivity contribution is -0.128. The second-order valence-electron chi connectivity index (χ2n) is 5.97. The second-order valence-corrected chi connectivity index (χ2v) is 5.97. The van der Waals surface area contributed by atoms with E-state index in [1.165, 1.54) is 5.56 Å². The normalized spacial score (nSPS) is 10.5. The van der Waals surface area contributed by atoms with E-state index in [2.05, 4.69) is 35.6 Å². The quantitative estimate of drug-likeness (QED) is 0.757. The number of methoxy groups -OCH3 is 1. The molecule has 0 aliphatic heterocycles. The number of nitrogens with one attached hydrogen (secondary N) is 1. The van der Waals surface area contributed by atoms with Crippen LogP contribution in [0.25, 0.3) is 11.1 Å². The minimum Gasteiger partial charge on any atom is -0.496 e. The van der Waals surface area contributed by atoms with E-state index in [-0.39, 0.29) is 5.91 Å². The van der Waals surface area contributed by atoms with Crippen molar-refractivity contribution in [3.05, 3.63) is 54.1 Å². The predicted molar refractivity (Wildman–Crippen MR) is 98.1 cm³/mol. The molecule has 2 aromatic carbocycles. The molecule has 0 fully saturated rings. The number of hydrogen-bond acceptors (Lipinski definition) is 3.